The molecule has 0 saturated heterocycles. The highest BCUT2D eigenvalue weighted by molar-refractivity contribution is 6.28. The molecule has 180 valence electrons. The van der Waals surface area contributed by atoms with Crippen molar-refractivity contribution in [3.63, 3.8) is 0 Å². The maximum absolute atomic E-state index is 11.9. The second kappa shape index (κ2) is 15.7. The van der Waals surface area contributed by atoms with Crippen molar-refractivity contribution in [2.24, 2.45) is 0 Å². The van der Waals surface area contributed by atoms with Gasteiger partial charge in [0.1, 0.15) is 18.4 Å². The Bertz CT molecular complexity index is 852. The molecule has 1 atom stereocenters. The molecule has 0 aliphatic rings. The van der Waals surface area contributed by atoms with Gasteiger partial charge >= 0.3 is 17.1 Å². The van der Waals surface area contributed by atoms with Crippen LogP contribution >= 0.6 is 11.6 Å². The predicted molar refractivity (Wildman–Crippen MR) is 122 cm³/mol. The molecule has 1 heterocycles. The molecule has 0 aliphatic heterocycles. The molecule has 32 heavy (non-hydrogen) atoms. The maximum atomic E-state index is 11.9. The first-order valence-corrected chi connectivity index (χ1v) is 10.5. The van der Waals surface area contributed by atoms with Crippen molar-refractivity contribution in [2.75, 3.05) is 6.61 Å². The lowest BCUT2D eigenvalue weighted by Crippen LogP contribution is -2.36. The zero-order valence-corrected chi connectivity index (χ0v) is 20.1. The summed E-state index contributed by atoms with van der Waals surface area (Å²) in [5.41, 5.74) is -1.69. The van der Waals surface area contributed by atoms with Gasteiger partial charge in [-0.1, -0.05) is 41.5 Å². The van der Waals surface area contributed by atoms with E-state index in [1.54, 1.807) is 0 Å². The number of aromatic nitrogens is 2. The average molecular weight is 475 g/mol. The first-order valence-electron chi connectivity index (χ1n) is 10.1. The number of benzene rings is 1. The van der Waals surface area contributed by atoms with Crippen LogP contribution in [0.2, 0.25) is 5.28 Å². The Balaban J connectivity index is 0. The number of carbonyl (C=O) groups is 1. The van der Waals surface area contributed by atoms with Gasteiger partial charge in [-0.25, -0.2) is 4.79 Å². The minimum Gasteiger partial charge on any atom is -0.459 e. The Hall–Kier alpha value is -3.05. The number of aliphatic hydroxyl groups is 1. The van der Waals surface area contributed by atoms with Gasteiger partial charge in [-0.2, -0.15) is 0 Å². The predicted octanol–water partition coefficient (Wildman–Crippen LogP) is 5.04. The van der Waals surface area contributed by atoms with E-state index in [9.17, 15) is 30.1 Å². The van der Waals surface area contributed by atoms with E-state index in [0.717, 1.165) is 22.9 Å². The number of esters is 1. The number of rotatable bonds is 7. The van der Waals surface area contributed by atoms with E-state index < -0.39 is 33.8 Å². The van der Waals surface area contributed by atoms with Crippen molar-refractivity contribution in [1.82, 2.24) is 9.55 Å². The fourth-order valence-corrected chi connectivity index (χ4v) is 2.21. The molecule has 2 rings (SSSR count). The van der Waals surface area contributed by atoms with Crippen LogP contribution in [-0.4, -0.2) is 42.7 Å². The van der Waals surface area contributed by atoms with Gasteiger partial charge in [-0.15, -0.1) is 0 Å². The first kappa shape index (κ1) is 31.1. The van der Waals surface area contributed by atoms with Crippen LogP contribution in [0, 0.1) is 20.2 Å². The molecular weight excluding hydrogens is 444 g/mol. The summed E-state index contributed by atoms with van der Waals surface area (Å²) in [5, 5.41) is 31.4. The second-order valence-corrected chi connectivity index (χ2v) is 5.97. The minimum absolute atomic E-state index is 0.0719. The summed E-state index contributed by atoms with van der Waals surface area (Å²) in [6.07, 6.45) is 1.05. The van der Waals surface area contributed by atoms with E-state index >= 15 is 0 Å². The highest BCUT2D eigenvalue weighted by Crippen LogP contribution is 2.19. The topological polar surface area (TPSA) is 151 Å². The molecule has 0 aliphatic carbocycles. The van der Waals surface area contributed by atoms with Gasteiger partial charge in [0.2, 0.25) is 0 Å². The molecule has 0 saturated carbocycles. The number of nitro groups is 2. The third-order valence-electron chi connectivity index (χ3n) is 3.24. The lowest BCUT2D eigenvalue weighted by atomic mass is 10.1. The van der Waals surface area contributed by atoms with E-state index in [1.807, 2.05) is 41.5 Å². The van der Waals surface area contributed by atoms with Gasteiger partial charge in [0, 0.05) is 12.1 Å². The van der Waals surface area contributed by atoms with Gasteiger partial charge in [0.25, 0.3) is 5.69 Å². The van der Waals surface area contributed by atoms with Crippen molar-refractivity contribution in [1.29, 1.82) is 0 Å². The minimum atomic E-state index is -1.59. The van der Waals surface area contributed by atoms with Gasteiger partial charge in [0.05, 0.1) is 17.0 Å². The summed E-state index contributed by atoms with van der Waals surface area (Å²) >= 11 is 5.77. The van der Waals surface area contributed by atoms with E-state index in [1.165, 1.54) is 19.1 Å². The van der Waals surface area contributed by atoms with Crippen molar-refractivity contribution < 1.29 is 24.5 Å². The average Bonchev–Trinajstić information content (AvgIpc) is 3.16. The molecule has 0 bridgehead atoms. The lowest BCUT2D eigenvalue weighted by Gasteiger charge is -2.23. The van der Waals surface area contributed by atoms with Gasteiger partial charge in [-0.3, -0.25) is 14.7 Å². The van der Waals surface area contributed by atoms with E-state index in [4.69, 9.17) is 16.3 Å². The van der Waals surface area contributed by atoms with Crippen LogP contribution in [0.3, 0.4) is 0 Å². The van der Waals surface area contributed by atoms with Crippen LogP contribution in [0.25, 0.3) is 0 Å². The number of hydrogen-bond donors (Lipinski definition) is 1. The Morgan fingerprint density at radius 2 is 1.59 bits per heavy atom. The quantitative estimate of drug-likeness (QED) is 0.333. The number of ether oxygens (including phenoxy) is 1. The van der Waals surface area contributed by atoms with Crippen molar-refractivity contribution in [3.8, 4) is 0 Å². The zero-order valence-electron chi connectivity index (χ0n) is 19.4. The molecule has 1 N–H and O–H groups in total. The summed E-state index contributed by atoms with van der Waals surface area (Å²) in [4.78, 5) is 35.4. The summed E-state index contributed by atoms with van der Waals surface area (Å²) in [5.74, 6) is -1.27. The van der Waals surface area contributed by atoms with Crippen LogP contribution in [-0.2, 0) is 11.3 Å². The number of halogens is 1. The van der Waals surface area contributed by atoms with Crippen LogP contribution in [0.15, 0.2) is 30.5 Å². The Kier molecular flexibility index (Phi) is 15.3. The van der Waals surface area contributed by atoms with Gasteiger partial charge in [0.15, 0.2) is 0 Å². The van der Waals surface area contributed by atoms with Crippen LogP contribution < -0.4 is 0 Å². The molecular formula is C20H31ClN4O7. The molecule has 0 amide bonds. The molecule has 0 unspecified atom stereocenters. The molecule has 1 aromatic heterocycles. The Morgan fingerprint density at radius 1 is 1.09 bits per heavy atom. The Labute approximate surface area is 192 Å². The molecule has 1 aromatic carbocycles. The largest absolute Gasteiger partial charge is 0.459 e. The normalized spacial score (nSPS) is 11.2. The van der Waals surface area contributed by atoms with Gasteiger partial charge in [-0.05, 0) is 40.6 Å². The maximum Gasteiger partial charge on any atom is 0.383 e. The van der Waals surface area contributed by atoms with Crippen molar-refractivity contribution in [2.45, 2.75) is 60.6 Å². The molecule has 12 heteroatoms. The third-order valence-corrected chi connectivity index (χ3v) is 3.54. The Morgan fingerprint density at radius 3 is 2.00 bits per heavy atom. The van der Waals surface area contributed by atoms with Crippen LogP contribution in [0.4, 0.5) is 11.5 Å². The molecule has 2 aromatic rings. The highest BCUT2D eigenvalue weighted by Gasteiger charge is 2.28. The van der Waals surface area contributed by atoms with Gasteiger partial charge < -0.3 is 20.0 Å². The number of carbonyl (C=O) groups excluding carboxylic acids is 1. The summed E-state index contributed by atoms with van der Waals surface area (Å²) in [6, 6.07) is 4.76. The molecule has 0 radical (unpaired) electrons. The fourth-order valence-electron chi connectivity index (χ4n) is 2.02. The highest BCUT2D eigenvalue weighted by atomic mass is 35.5. The van der Waals surface area contributed by atoms with E-state index in [0.29, 0.717) is 0 Å². The molecule has 11 nitrogen and oxygen atoms in total. The molecule has 0 fully saturated rings. The number of nitrogens with zero attached hydrogens (tertiary/aromatic N) is 4. The summed E-state index contributed by atoms with van der Waals surface area (Å²) in [7, 11) is 0. The standard InChI is InChI=1S/C14H13ClN4O7.3C2H6/c1-14(21,7-17-6-11(19(24)25)16-13(17)15)8-26-12(20)9-2-4-10(5-3-9)18(22)23;3*1-2/h2-6,21H,7-8H2,1H3;3*1-2H3/t14-;;;/m1.../s1. The van der Waals surface area contributed by atoms with Crippen molar-refractivity contribution in [3.05, 3.63) is 61.5 Å². The fraction of sp³-hybridized carbons (Fsp3) is 0.500. The van der Waals surface area contributed by atoms with Crippen LogP contribution in [0.5, 0.6) is 0 Å². The number of imidazole rings is 1. The summed E-state index contributed by atoms with van der Waals surface area (Å²) in [6.45, 7) is 12.7. The number of hydrogen-bond acceptors (Lipinski definition) is 8. The van der Waals surface area contributed by atoms with E-state index in [2.05, 4.69) is 4.98 Å². The summed E-state index contributed by atoms with van der Waals surface area (Å²) < 4.78 is 6.14. The van der Waals surface area contributed by atoms with Crippen molar-refractivity contribution >= 4 is 29.1 Å². The third kappa shape index (κ3) is 10.3. The number of non-ortho nitro benzene ring substituents is 1. The second-order valence-electron chi connectivity index (χ2n) is 5.63. The lowest BCUT2D eigenvalue weighted by molar-refractivity contribution is -0.389. The smallest absolute Gasteiger partial charge is 0.383 e. The first-order chi connectivity index (χ1) is 15.1. The SMILES string of the molecule is CC.CC.CC.C[C@](O)(COC(=O)c1ccc([N+](=O)[O-])cc1)Cn1cc([N+](=O)[O-])nc1Cl. The molecule has 0 spiro atoms. The zero-order chi connectivity index (χ0) is 25.5. The monoisotopic (exact) mass is 474 g/mol. The van der Waals surface area contributed by atoms with Crippen LogP contribution in [0.1, 0.15) is 58.8 Å². The van der Waals surface area contributed by atoms with E-state index in [-0.39, 0.29) is 23.1 Å². The number of nitro benzene ring substituents is 1.